The van der Waals surface area contributed by atoms with E-state index < -0.39 is 0 Å². The smallest absolute Gasteiger partial charge is 0.273 e. The lowest BCUT2D eigenvalue weighted by Gasteiger charge is -2.02. The molecule has 0 fully saturated rings. The predicted molar refractivity (Wildman–Crippen MR) is 61.9 cm³/mol. The molecule has 0 saturated heterocycles. The molecule has 0 aliphatic rings. The van der Waals surface area contributed by atoms with Gasteiger partial charge in [0.05, 0.1) is 7.11 Å². The van der Waals surface area contributed by atoms with Crippen molar-refractivity contribution in [1.29, 1.82) is 0 Å². The molecule has 5 heteroatoms. The Morgan fingerprint density at radius 2 is 2.06 bits per heavy atom. The van der Waals surface area contributed by atoms with Crippen molar-refractivity contribution in [3.8, 4) is 17.1 Å². The van der Waals surface area contributed by atoms with Crippen molar-refractivity contribution in [1.82, 2.24) is 10.3 Å². The van der Waals surface area contributed by atoms with Gasteiger partial charge in [0.1, 0.15) is 5.75 Å². The van der Waals surface area contributed by atoms with Crippen LogP contribution in [0.15, 0.2) is 35.1 Å². The van der Waals surface area contributed by atoms with Crippen molar-refractivity contribution in [2.45, 2.75) is 0 Å². The molecule has 2 rings (SSSR count). The van der Waals surface area contributed by atoms with Crippen molar-refractivity contribution in [2.24, 2.45) is 0 Å². The average Bonchev–Trinajstić information content (AvgIpc) is 2.87. The van der Waals surface area contributed by atoms with Crippen LogP contribution < -0.4 is 10.1 Å². The van der Waals surface area contributed by atoms with E-state index in [-0.39, 0.29) is 11.6 Å². The fourth-order valence-corrected chi connectivity index (χ4v) is 1.47. The Labute approximate surface area is 98.4 Å². The van der Waals surface area contributed by atoms with Gasteiger partial charge in [-0.25, -0.2) is 4.98 Å². The molecule has 0 saturated carbocycles. The number of hydrogen-bond acceptors (Lipinski definition) is 4. The molecule has 0 atom stereocenters. The molecule has 0 spiro atoms. The summed E-state index contributed by atoms with van der Waals surface area (Å²) in [5.41, 5.74) is 1.06. The second-order valence-electron chi connectivity index (χ2n) is 3.34. The van der Waals surface area contributed by atoms with Crippen LogP contribution in [-0.2, 0) is 0 Å². The Balaban J connectivity index is 2.39. The number of ether oxygens (including phenoxy) is 1. The van der Waals surface area contributed by atoms with E-state index in [2.05, 4.69) is 10.3 Å². The van der Waals surface area contributed by atoms with Crippen LogP contribution in [0.25, 0.3) is 11.3 Å². The molecule has 1 amide bonds. The molecule has 1 heterocycles. The molecule has 1 aromatic heterocycles. The van der Waals surface area contributed by atoms with E-state index in [1.54, 1.807) is 26.3 Å². The van der Waals surface area contributed by atoms with Gasteiger partial charge in [-0.3, -0.25) is 4.79 Å². The van der Waals surface area contributed by atoms with Crippen LogP contribution in [0, 0.1) is 0 Å². The van der Waals surface area contributed by atoms with E-state index in [0.29, 0.717) is 5.76 Å². The minimum absolute atomic E-state index is 0.274. The van der Waals surface area contributed by atoms with Gasteiger partial charge in [-0.15, -0.1) is 0 Å². The molecule has 0 aliphatic carbocycles. The van der Waals surface area contributed by atoms with Crippen molar-refractivity contribution in [2.75, 3.05) is 14.2 Å². The lowest BCUT2D eigenvalue weighted by Crippen LogP contribution is -2.18. The second kappa shape index (κ2) is 4.69. The van der Waals surface area contributed by atoms with Crippen LogP contribution in [0.2, 0.25) is 0 Å². The number of hydrogen-bond donors (Lipinski definition) is 1. The molecular formula is C12H12N2O3. The summed E-state index contributed by atoms with van der Waals surface area (Å²) in [6, 6.07) is 7.22. The molecule has 0 aliphatic heterocycles. The van der Waals surface area contributed by atoms with E-state index in [1.807, 2.05) is 12.1 Å². The number of benzene rings is 1. The number of oxazole rings is 1. The number of nitrogens with zero attached hydrogens (tertiary/aromatic N) is 1. The maximum Gasteiger partial charge on any atom is 0.273 e. The average molecular weight is 232 g/mol. The highest BCUT2D eigenvalue weighted by Gasteiger charge is 2.16. The first kappa shape index (κ1) is 11.2. The summed E-state index contributed by atoms with van der Waals surface area (Å²) in [5.74, 6) is 0.923. The molecule has 17 heavy (non-hydrogen) atoms. The Morgan fingerprint density at radius 1 is 1.35 bits per heavy atom. The highest BCUT2D eigenvalue weighted by Crippen LogP contribution is 2.25. The van der Waals surface area contributed by atoms with Gasteiger partial charge in [0.15, 0.2) is 17.8 Å². The summed E-state index contributed by atoms with van der Waals surface area (Å²) in [7, 11) is 3.15. The zero-order valence-electron chi connectivity index (χ0n) is 9.56. The lowest BCUT2D eigenvalue weighted by atomic mass is 10.1. The van der Waals surface area contributed by atoms with Crippen LogP contribution in [-0.4, -0.2) is 25.0 Å². The number of methoxy groups -OCH3 is 1. The van der Waals surface area contributed by atoms with Crippen LogP contribution in [0.3, 0.4) is 0 Å². The van der Waals surface area contributed by atoms with Gasteiger partial charge >= 0.3 is 0 Å². The Hall–Kier alpha value is -2.30. The molecule has 0 bridgehead atoms. The molecular weight excluding hydrogens is 220 g/mol. The summed E-state index contributed by atoms with van der Waals surface area (Å²) in [5, 5.41) is 2.51. The zero-order chi connectivity index (χ0) is 12.3. The van der Waals surface area contributed by atoms with Gasteiger partial charge in [-0.2, -0.15) is 0 Å². The monoisotopic (exact) mass is 232 g/mol. The van der Waals surface area contributed by atoms with Gasteiger partial charge < -0.3 is 14.5 Å². The Kier molecular flexibility index (Phi) is 3.09. The number of amides is 1. The largest absolute Gasteiger partial charge is 0.497 e. The molecule has 5 nitrogen and oxygen atoms in total. The Bertz CT molecular complexity index is 517. The van der Waals surface area contributed by atoms with Crippen LogP contribution in [0.1, 0.15) is 10.5 Å². The minimum Gasteiger partial charge on any atom is -0.497 e. The number of aromatic nitrogens is 1. The normalized spacial score (nSPS) is 10.0. The third kappa shape index (κ3) is 2.13. The number of carbonyl (C=O) groups excluding carboxylic acids is 1. The fraction of sp³-hybridized carbons (Fsp3) is 0.167. The van der Waals surface area contributed by atoms with E-state index in [9.17, 15) is 4.79 Å². The highest BCUT2D eigenvalue weighted by molar-refractivity contribution is 5.97. The van der Waals surface area contributed by atoms with Gasteiger partial charge in [0, 0.05) is 12.6 Å². The van der Waals surface area contributed by atoms with E-state index in [4.69, 9.17) is 9.15 Å². The first-order valence-corrected chi connectivity index (χ1v) is 5.06. The summed E-state index contributed by atoms with van der Waals surface area (Å²) in [6.45, 7) is 0. The number of carbonyl (C=O) groups is 1. The SMILES string of the molecule is CNC(=O)c1ncoc1-c1ccc(OC)cc1. The summed E-state index contributed by atoms with van der Waals surface area (Å²) in [6.07, 6.45) is 1.25. The first-order valence-electron chi connectivity index (χ1n) is 5.06. The van der Waals surface area contributed by atoms with Gasteiger partial charge in [-0.1, -0.05) is 0 Å². The van der Waals surface area contributed by atoms with Crippen molar-refractivity contribution < 1.29 is 13.9 Å². The van der Waals surface area contributed by atoms with Crippen LogP contribution in [0.5, 0.6) is 5.75 Å². The maximum atomic E-state index is 11.5. The van der Waals surface area contributed by atoms with Crippen LogP contribution >= 0.6 is 0 Å². The summed E-state index contributed by atoms with van der Waals surface area (Å²) >= 11 is 0. The molecule has 2 aromatic rings. The zero-order valence-corrected chi connectivity index (χ0v) is 9.56. The number of rotatable bonds is 3. The lowest BCUT2D eigenvalue weighted by molar-refractivity contribution is 0.0959. The second-order valence-corrected chi connectivity index (χ2v) is 3.34. The van der Waals surface area contributed by atoms with Crippen molar-refractivity contribution in [3.05, 3.63) is 36.4 Å². The molecule has 1 aromatic carbocycles. The van der Waals surface area contributed by atoms with E-state index in [1.165, 1.54) is 6.39 Å². The summed E-state index contributed by atoms with van der Waals surface area (Å²) < 4.78 is 10.3. The fourth-order valence-electron chi connectivity index (χ4n) is 1.47. The molecule has 0 unspecified atom stereocenters. The quantitative estimate of drug-likeness (QED) is 0.874. The standard InChI is InChI=1S/C12H12N2O3/c1-13-12(15)10-11(17-7-14-10)8-3-5-9(16-2)6-4-8/h3-7H,1-2H3,(H,13,15). The topological polar surface area (TPSA) is 64.4 Å². The van der Waals surface area contributed by atoms with Gasteiger partial charge in [0.2, 0.25) is 0 Å². The minimum atomic E-state index is -0.274. The third-order valence-corrected chi connectivity index (χ3v) is 2.36. The number of nitrogens with one attached hydrogen (secondary N) is 1. The third-order valence-electron chi connectivity index (χ3n) is 2.36. The maximum absolute atomic E-state index is 11.5. The molecule has 88 valence electrons. The van der Waals surface area contributed by atoms with E-state index >= 15 is 0 Å². The molecule has 1 N–H and O–H groups in total. The van der Waals surface area contributed by atoms with Crippen molar-refractivity contribution >= 4 is 5.91 Å². The Morgan fingerprint density at radius 3 is 2.65 bits per heavy atom. The first-order chi connectivity index (χ1) is 8.26. The molecule has 0 radical (unpaired) electrons. The van der Waals surface area contributed by atoms with E-state index in [0.717, 1.165) is 11.3 Å². The van der Waals surface area contributed by atoms with Crippen LogP contribution in [0.4, 0.5) is 0 Å². The summed E-state index contributed by atoms with van der Waals surface area (Å²) in [4.78, 5) is 15.4. The van der Waals surface area contributed by atoms with Gasteiger partial charge in [0.25, 0.3) is 5.91 Å². The van der Waals surface area contributed by atoms with Crippen molar-refractivity contribution in [3.63, 3.8) is 0 Å². The predicted octanol–water partition coefficient (Wildman–Crippen LogP) is 1.71. The highest BCUT2D eigenvalue weighted by atomic mass is 16.5. The van der Waals surface area contributed by atoms with Gasteiger partial charge in [-0.05, 0) is 24.3 Å².